The predicted molar refractivity (Wildman–Crippen MR) is 125 cm³/mol. The van der Waals surface area contributed by atoms with Crippen molar-refractivity contribution in [2.45, 2.75) is 31.6 Å². The maximum atomic E-state index is 13.5. The van der Waals surface area contributed by atoms with Gasteiger partial charge < -0.3 is 0 Å². The van der Waals surface area contributed by atoms with E-state index in [1.165, 1.54) is 0 Å². The van der Waals surface area contributed by atoms with Crippen LogP contribution in [0, 0.1) is 6.92 Å². The molecule has 0 radical (unpaired) electrons. The molecule has 3 aromatic rings. The van der Waals surface area contributed by atoms with Crippen molar-refractivity contribution in [2.24, 2.45) is 0 Å². The van der Waals surface area contributed by atoms with Crippen LogP contribution in [-0.4, -0.2) is 0 Å². The summed E-state index contributed by atoms with van der Waals surface area (Å²) in [6.45, 7) is 1.14. The molecule has 0 nitrogen and oxygen atoms in total. The van der Waals surface area contributed by atoms with E-state index in [1.807, 2.05) is 0 Å². The molecular formula is C23H9Br3F12. The molecule has 0 N–H and O–H groups in total. The molecule has 3 aromatic carbocycles. The fourth-order valence-corrected chi connectivity index (χ4v) is 5.35. The summed E-state index contributed by atoms with van der Waals surface area (Å²) < 4.78 is 160. The molecule has 0 unspecified atom stereocenters. The van der Waals surface area contributed by atoms with Crippen molar-refractivity contribution >= 4 is 47.8 Å². The number of halogens is 15. The van der Waals surface area contributed by atoms with E-state index >= 15 is 0 Å². The minimum absolute atomic E-state index is 0.0490. The van der Waals surface area contributed by atoms with Crippen LogP contribution in [-0.2, 0) is 24.7 Å². The lowest BCUT2D eigenvalue weighted by molar-refractivity contribution is -0.162. The average Bonchev–Trinajstić information content (AvgIpc) is 2.72. The molecule has 0 fully saturated rings. The number of hydrogen-bond donors (Lipinski definition) is 0. The van der Waals surface area contributed by atoms with Crippen LogP contribution < -0.4 is 0 Å². The molecule has 15 heteroatoms. The Balaban J connectivity index is 2.28. The predicted octanol–water partition coefficient (Wildman–Crippen LogP) is 11.7. The first-order chi connectivity index (χ1) is 17.0. The van der Waals surface area contributed by atoms with Crippen molar-refractivity contribution in [3.63, 3.8) is 0 Å². The maximum Gasteiger partial charge on any atom is 0.417 e. The monoisotopic (exact) mass is 750 g/mol. The van der Waals surface area contributed by atoms with Gasteiger partial charge in [-0.1, -0.05) is 47.8 Å². The van der Waals surface area contributed by atoms with Crippen LogP contribution in [0.25, 0.3) is 22.3 Å². The Labute approximate surface area is 231 Å². The van der Waals surface area contributed by atoms with E-state index in [0.717, 1.165) is 19.1 Å². The summed E-state index contributed by atoms with van der Waals surface area (Å²) in [5.74, 6) is 0. The van der Waals surface area contributed by atoms with E-state index in [9.17, 15) is 52.7 Å². The second-order valence-electron chi connectivity index (χ2n) is 7.89. The van der Waals surface area contributed by atoms with Gasteiger partial charge in [-0.2, -0.15) is 52.7 Å². The molecule has 0 aliphatic rings. The van der Waals surface area contributed by atoms with E-state index < -0.39 is 47.0 Å². The van der Waals surface area contributed by atoms with Crippen molar-refractivity contribution in [1.82, 2.24) is 0 Å². The number of aryl methyl sites for hydroxylation is 1. The van der Waals surface area contributed by atoms with Crippen LogP contribution in [0.15, 0.2) is 49.8 Å². The van der Waals surface area contributed by atoms with Crippen molar-refractivity contribution in [1.29, 1.82) is 0 Å². The number of benzene rings is 3. The number of rotatable bonds is 2. The molecular weight excluding hydrogens is 744 g/mol. The molecule has 0 atom stereocenters. The molecule has 0 aliphatic carbocycles. The van der Waals surface area contributed by atoms with E-state index in [4.69, 9.17) is 0 Å². The normalized spacial score (nSPS) is 13.3. The first-order valence-electron chi connectivity index (χ1n) is 9.80. The Morgan fingerprint density at radius 2 is 0.658 bits per heavy atom. The summed E-state index contributed by atoms with van der Waals surface area (Å²) in [7, 11) is 0. The quantitative estimate of drug-likeness (QED) is 0.229. The van der Waals surface area contributed by atoms with Gasteiger partial charge in [0.2, 0.25) is 0 Å². The first kappa shape index (κ1) is 30.8. The van der Waals surface area contributed by atoms with Gasteiger partial charge in [0.25, 0.3) is 0 Å². The van der Waals surface area contributed by atoms with Crippen LogP contribution in [0.1, 0.15) is 27.8 Å². The van der Waals surface area contributed by atoms with Gasteiger partial charge in [0.05, 0.1) is 22.3 Å². The second kappa shape index (κ2) is 10.0. The standard InChI is InChI=1S/C23H9Br3F12/c1-8-2-13(20(27,28)29)14(21(30,31)32)3-9(8)11-5-18(25)12(6-17(11)24)10-4-15(22(33,34)35)16(7-19(10)26)23(36,37)38/h2-7H,1H3. The number of hydrogen-bond acceptors (Lipinski definition) is 0. The molecule has 0 bridgehead atoms. The molecule has 0 amide bonds. The van der Waals surface area contributed by atoms with Crippen LogP contribution in [0.3, 0.4) is 0 Å². The maximum absolute atomic E-state index is 13.5. The summed E-state index contributed by atoms with van der Waals surface area (Å²) in [5.41, 5.74) is -8.71. The lowest BCUT2D eigenvalue weighted by Gasteiger charge is -2.21. The van der Waals surface area contributed by atoms with Crippen molar-refractivity contribution < 1.29 is 52.7 Å². The van der Waals surface area contributed by atoms with Crippen LogP contribution in [0.4, 0.5) is 52.7 Å². The highest BCUT2D eigenvalue weighted by molar-refractivity contribution is 9.11. The topological polar surface area (TPSA) is 0 Å². The van der Waals surface area contributed by atoms with E-state index in [1.54, 1.807) is 0 Å². The summed E-state index contributed by atoms with van der Waals surface area (Å²) in [5, 5.41) is 0. The second-order valence-corrected chi connectivity index (χ2v) is 10.5. The molecule has 0 aliphatic heterocycles. The van der Waals surface area contributed by atoms with Crippen molar-refractivity contribution in [2.75, 3.05) is 0 Å². The highest BCUT2D eigenvalue weighted by Crippen LogP contribution is 2.48. The van der Waals surface area contributed by atoms with E-state index in [2.05, 4.69) is 47.8 Å². The SMILES string of the molecule is Cc1cc(C(F)(F)F)c(C(F)(F)F)cc1-c1cc(Br)c(-c2cc(C(F)(F)F)c(C(F)(F)F)cc2Br)cc1Br. The fourth-order valence-electron chi connectivity index (χ4n) is 3.68. The minimum Gasteiger partial charge on any atom is -0.166 e. The van der Waals surface area contributed by atoms with Gasteiger partial charge in [-0.3, -0.25) is 0 Å². The highest BCUT2D eigenvalue weighted by Gasteiger charge is 2.45. The largest absolute Gasteiger partial charge is 0.417 e. The Bertz CT molecular complexity index is 1290. The van der Waals surface area contributed by atoms with E-state index in [-0.39, 0.29) is 53.4 Å². The Morgan fingerprint density at radius 3 is 1.05 bits per heavy atom. The highest BCUT2D eigenvalue weighted by atomic mass is 79.9. The van der Waals surface area contributed by atoms with Gasteiger partial charge in [0.15, 0.2) is 0 Å². The minimum atomic E-state index is -5.38. The smallest absolute Gasteiger partial charge is 0.166 e. The molecule has 0 spiro atoms. The van der Waals surface area contributed by atoms with Gasteiger partial charge in [-0.15, -0.1) is 0 Å². The molecule has 3 rings (SSSR count). The first-order valence-corrected chi connectivity index (χ1v) is 12.2. The summed E-state index contributed by atoms with van der Waals surface area (Å²) in [4.78, 5) is 0. The lowest BCUT2D eigenvalue weighted by Crippen LogP contribution is -2.17. The molecule has 0 aromatic heterocycles. The van der Waals surface area contributed by atoms with Gasteiger partial charge in [0.1, 0.15) is 0 Å². The summed E-state index contributed by atoms with van der Waals surface area (Å²) in [6, 6.07) is 3.41. The molecule has 206 valence electrons. The third-order valence-corrected chi connectivity index (χ3v) is 7.30. The summed E-state index contributed by atoms with van der Waals surface area (Å²) in [6.07, 6.45) is -21.4. The lowest BCUT2D eigenvalue weighted by atomic mass is 9.92. The fraction of sp³-hybridized carbons (Fsp3) is 0.217. The van der Waals surface area contributed by atoms with E-state index in [0.29, 0.717) is 12.1 Å². The van der Waals surface area contributed by atoms with Gasteiger partial charge in [-0.05, 0) is 71.1 Å². The number of alkyl halides is 12. The zero-order valence-corrected chi connectivity index (χ0v) is 22.9. The third kappa shape index (κ3) is 6.19. The Morgan fingerprint density at radius 1 is 0.395 bits per heavy atom. The Hall–Kier alpha value is -1.74. The molecule has 38 heavy (non-hydrogen) atoms. The zero-order chi connectivity index (χ0) is 29.2. The van der Waals surface area contributed by atoms with Gasteiger partial charge in [-0.25, -0.2) is 0 Å². The average molecular weight is 753 g/mol. The van der Waals surface area contributed by atoms with Gasteiger partial charge >= 0.3 is 24.7 Å². The Kier molecular flexibility index (Phi) is 8.12. The summed E-state index contributed by atoms with van der Waals surface area (Å²) >= 11 is 8.97. The van der Waals surface area contributed by atoms with Crippen LogP contribution in [0.2, 0.25) is 0 Å². The van der Waals surface area contributed by atoms with Crippen LogP contribution in [0.5, 0.6) is 0 Å². The molecule has 0 heterocycles. The van der Waals surface area contributed by atoms with Crippen molar-refractivity contribution in [3.8, 4) is 22.3 Å². The van der Waals surface area contributed by atoms with Crippen LogP contribution >= 0.6 is 47.8 Å². The molecule has 0 saturated heterocycles. The third-order valence-electron chi connectivity index (χ3n) is 5.33. The molecule has 0 saturated carbocycles. The van der Waals surface area contributed by atoms with Crippen molar-refractivity contribution in [3.05, 3.63) is 77.6 Å². The zero-order valence-electron chi connectivity index (χ0n) is 18.1. The van der Waals surface area contributed by atoms with Gasteiger partial charge in [0, 0.05) is 13.4 Å².